The van der Waals surface area contributed by atoms with E-state index in [1.807, 2.05) is 55.5 Å². The van der Waals surface area contributed by atoms with Crippen LogP contribution in [0.5, 0.6) is 0 Å². The van der Waals surface area contributed by atoms with Crippen molar-refractivity contribution in [3.63, 3.8) is 0 Å². The third-order valence-electron chi connectivity index (χ3n) is 2.67. The molecule has 0 radical (unpaired) electrons. The van der Waals surface area contributed by atoms with Crippen molar-refractivity contribution in [1.82, 2.24) is 0 Å². The van der Waals surface area contributed by atoms with Crippen LogP contribution in [0, 0.1) is 0 Å². The van der Waals surface area contributed by atoms with Crippen LogP contribution in [0.4, 0.5) is 0 Å². The second-order valence-corrected chi connectivity index (χ2v) is 7.99. The number of methoxy groups -OCH3 is 1. The Morgan fingerprint density at radius 3 is 2.14 bits per heavy atom. The fourth-order valence-corrected chi connectivity index (χ4v) is 4.71. The normalized spacial score (nSPS) is 11.7. The maximum atomic E-state index is 12.1. The fourth-order valence-electron chi connectivity index (χ4n) is 1.67. The maximum absolute atomic E-state index is 12.1. The molecule has 0 saturated heterocycles. The van der Waals surface area contributed by atoms with Crippen LogP contribution in [-0.2, 0) is 9.53 Å². The van der Waals surface area contributed by atoms with Gasteiger partial charge in [-0.15, -0.1) is 0 Å². The number of hydrogen-bond acceptors (Lipinski definition) is 3. The van der Waals surface area contributed by atoms with E-state index >= 15 is 0 Å². The summed E-state index contributed by atoms with van der Waals surface area (Å²) in [5, 5.41) is 0. The molecule has 2 aromatic carbocycles. The summed E-state index contributed by atoms with van der Waals surface area (Å²) in [6, 6.07) is 20.1. The van der Waals surface area contributed by atoms with Crippen molar-refractivity contribution in [2.24, 2.45) is 0 Å². The first-order chi connectivity index (χ1) is 10.2. The Balaban J connectivity index is 2.25. The Morgan fingerprint density at radius 1 is 1.00 bits per heavy atom. The number of thioether (sulfide) groups is 1. The van der Waals surface area contributed by atoms with Crippen LogP contribution >= 0.6 is 11.8 Å². The van der Waals surface area contributed by atoms with E-state index in [0.29, 0.717) is 4.91 Å². The molecule has 0 aliphatic carbocycles. The molecule has 2 nitrogen and oxygen atoms in total. The summed E-state index contributed by atoms with van der Waals surface area (Å²) in [7, 11) is 1.43. The van der Waals surface area contributed by atoms with Gasteiger partial charge in [-0.05, 0) is 0 Å². The van der Waals surface area contributed by atoms with Crippen LogP contribution in [0.25, 0.3) is 0 Å². The third kappa shape index (κ3) is 4.78. The summed E-state index contributed by atoms with van der Waals surface area (Å²) in [5.41, 5.74) is 0. The molecule has 0 aromatic heterocycles. The number of benzene rings is 2. The number of ether oxygens (including phenoxy) is 1. The molecule has 0 saturated carbocycles. The first-order valence-electron chi connectivity index (χ1n) is 6.45. The molecule has 0 aliphatic heterocycles. The van der Waals surface area contributed by atoms with Gasteiger partial charge < -0.3 is 0 Å². The number of carbonyl (C=O) groups is 1. The van der Waals surface area contributed by atoms with Gasteiger partial charge in [0.2, 0.25) is 0 Å². The molecule has 21 heavy (non-hydrogen) atoms. The summed E-state index contributed by atoms with van der Waals surface area (Å²) >= 11 is 1.59. The molecular formula is C17H16O2SSe. The van der Waals surface area contributed by atoms with Crippen molar-refractivity contribution in [1.29, 1.82) is 0 Å². The van der Waals surface area contributed by atoms with Crippen molar-refractivity contribution in [2.75, 3.05) is 7.11 Å². The predicted octanol–water partition coefficient (Wildman–Crippen LogP) is 3.21. The van der Waals surface area contributed by atoms with Crippen LogP contribution in [0.1, 0.15) is 6.92 Å². The van der Waals surface area contributed by atoms with E-state index in [9.17, 15) is 4.79 Å². The summed E-state index contributed by atoms with van der Waals surface area (Å²) in [5.74, 6) is -0.265. The van der Waals surface area contributed by atoms with E-state index in [4.69, 9.17) is 4.74 Å². The Kier molecular flexibility index (Phi) is 6.12. The molecular weight excluding hydrogens is 347 g/mol. The number of rotatable bonds is 5. The molecule has 108 valence electrons. The molecule has 0 aliphatic rings. The molecule has 2 rings (SSSR count). The molecule has 0 fully saturated rings. The van der Waals surface area contributed by atoms with E-state index in [-0.39, 0.29) is 20.9 Å². The molecule has 0 spiro atoms. The van der Waals surface area contributed by atoms with Crippen molar-refractivity contribution in [3.05, 3.63) is 70.0 Å². The Bertz CT molecular complexity index is 624. The first kappa shape index (κ1) is 15.9. The van der Waals surface area contributed by atoms with Crippen molar-refractivity contribution < 1.29 is 9.53 Å². The van der Waals surface area contributed by atoms with E-state index in [1.165, 1.54) is 23.3 Å². The molecule has 0 atom stereocenters. The van der Waals surface area contributed by atoms with Crippen LogP contribution in [0.3, 0.4) is 0 Å². The predicted molar refractivity (Wildman–Crippen MR) is 88.8 cm³/mol. The number of esters is 1. The van der Waals surface area contributed by atoms with Gasteiger partial charge in [-0.25, -0.2) is 0 Å². The number of allylic oxidation sites excluding steroid dienone is 1. The zero-order valence-corrected chi connectivity index (χ0v) is 14.4. The van der Waals surface area contributed by atoms with Gasteiger partial charge in [0.05, 0.1) is 0 Å². The van der Waals surface area contributed by atoms with Crippen LogP contribution in [-0.4, -0.2) is 28.0 Å². The van der Waals surface area contributed by atoms with Gasteiger partial charge in [0.1, 0.15) is 0 Å². The van der Waals surface area contributed by atoms with Crippen LogP contribution < -0.4 is 4.46 Å². The van der Waals surface area contributed by atoms with Crippen LogP contribution in [0.15, 0.2) is 74.9 Å². The Hall–Kier alpha value is -1.48. The van der Waals surface area contributed by atoms with Gasteiger partial charge in [-0.2, -0.15) is 0 Å². The monoisotopic (exact) mass is 364 g/mol. The topological polar surface area (TPSA) is 26.3 Å². The molecule has 4 heteroatoms. The summed E-state index contributed by atoms with van der Waals surface area (Å²) in [6.07, 6.45) is 0. The summed E-state index contributed by atoms with van der Waals surface area (Å²) in [6.45, 7) is 2.01. The average molecular weight is 363 g/mol. The van der Waals surface area contributed by atoms with E-state index in [2.05, 4.69) is 12.1 Å². The van der Waals surface area contributed by atoms with Gasteiger partial charge in [0, 0.05) is 0 Å². The zero-order chi connectivity index (χ0) is 15.1. The van der Waals surface area contributed by atoms with Gasteiger partial charge in [0.25, 0.3) is 0 Å². The number of hydrogen-bond donors (Lipinski definition) is 0. The standard InChI is InChI=1S/C17H16O2SSe/c1-13(21-15-11-7-4-8-12-15)16(17(18)19-2)20-14-9-5-3-6-10-14/h3-12H,1-2H3/b16-13+. The zero-order valence-electron chi connectivity index (χ0n) is 11.9. The average Bonchev–Trinajstić information content (AvgIpc) is 2.53. The second kappa shape index (κ2) is 8.08. The summed E-state index contributed by atoms with van der Waals surface area (Å²) in [4.78, 5) is 13.8. The van der Waals surface area contributed by atoms with E-state index in [1.54, 1.807) is 0 Å². The van der Waals surface area contributed by atoms with Gasteiger partial charge in [-0.3, -0.25) is 0 Å². The van der Waals surface area contributed by atoms with Crippen molar-refractivity contribution in [2.45, 2.75) is 11.8 Å². The van der Waals surface area contributed by atoms with E-state index < -0.39 is 0 Å². The minimum atomic E-state index is -0.265. The molecule has 0 heterocycles. The molecule has 2 aromatic rings. The molecule has 0 bridgehead atoms. The fraction of sp³-hybridized carbons (Fsp3) is 0.118. The Labute approximate surface area is 135 Å². The third-order valence-corrected chi connectivity index (χ3v) is 6.28. The molecule has 0 N–H and O–H groups in total. The van der Waals surface area contributed by atoms with Crippen molar-refractivity contribution in [3.8, 4) is 0 Å². The summed E-state index contributed by atoms with van der Waals surface area (Å²) < 4.78 is 7.26. The molecule has 0 unspecified atom stereocenters. The second-order valence-electron chi connectivity index (χ2n) is 4.21. The van der Waals surface area contributed by atoms with Gasteiger partial charge in [0.15, 0.2) is 0 Å². The van der Waals surface area contributed by atoms with Crippen molar-refractivity contribution >= 4 is 37.1 Å². The van der Waals surface area contributed by atoms with Crippen LogP contribution in [0.2, 0.25) is 0 Å². The first-order valence-corrected chi connectivity index (χ1v) is 8.98. The van der Waals surface area contributed by atoms with Gasteiger partial charge >= 0.3 is 136 Å². The molecule has 0 amide bonds. The minimum absolute atomic E-state index is 0.118. The van der Waals surface area contributed by atoms with Gasteiger partial charge in [-0.1, -0.05) is 0 Å². The SMILES string of the molecule is COC(=O)/C(Sc1ccccc1)=C(/C)[Se]c1ccccc1. The number of carbonyl (C=O) groups excluding carboxylic acids is 1. The quantitative estimate of drug-likeness (QED) is 0.353. The van der Waals surface area contributed by atoms with E-state index in [0.717, 1.165) is 9.37 Å². The Morgan fingerprint density at radius 2 is 1.57 bits per heavy atom.